The molecule has 3 nitrogen and oxygen atoms in total. The highest BCUT2D eigenvalue weighted by atomic mass is 19.1. The second-order valence-electron chi connectivity index (χ2n) is 3.83. The van der Waals surface area contributed by atoms with Gasteiger partial charge in [-0.3, -0.25) is 4.79 Å². The Labute approximate surface area is 104 Å². The molecule has 5 heteroatoms. The quantitative estimate of drug-likeness (QED) is 0.767. The Bertz CT molecular complexity index is 448. The number of nitrogens with one attached hydrogen (secondary N) is 1. The van der Waals surface area contributed by atoms with Crippen molar-refractivity contribution in [1.29, 1.82) is 0 Å². The third-order valence-electron chi connectivity index (χ3n) is 2.31. The summed E-state index contributed by atoms with van der Waals surface area (Å²) in [6.07, 6.45) is 5.50. The van der Waals surface area contributed by atoms with Crippen molar-refractivity contribution in [1.82, 2.24) is 5.32 Å². The lowest BCUT2D eigenvalue weighted by Crippen LogP contribution is -2.41. The van der Waals surface area contributed by atoms with Crippen LogP contribution in [0.1, 0.15) is 12.0 Å². The zero-order valence-corrected chi connectivity index (χ0v) is 9.75. The van der Waals surface area contributed by atoms with Crippen LogP contribution in [0.25, 0.3) is 0 Å². The van der Waals surface area contributed by atoms with Gasteiger partial charge in [0.1, 0.15) is 11.6 Å². The first-order valence-electron chi connectivity index (χ1n) is 5.44. The molecule has 1 unspecified atom stereocenters. The van der Waals surface area contributed by atoms with E-state index in [1.807, 2.05) is 0 Å². The van der Waals surface area contributed by atoms with Gasteiger partial charge in [0.25, 0.3) is 0 Å². The minimum atomic E-state index is -0.751. The van der Waals surface area contributed by atoms with Crippen LogP contribution in [0.5, 0.6) is 0 Å². The molecule has 0 aliphatic heterocycles. The first-order chi connectivity index (χ1) is 8.52. The maximum atomic E-state index is 12.9. The molecule has 0 fully saturated rings. The van der Waals surface area contributed by atoms with E-state index in [1.54, 1.807) is 0 Å². The smallest absolute Gasteiger partial charge is 0.237 e. The van der Waals surface area contributed by atoms with Gasteiger partial charge in [0.05, 0.1) is 6.04 Å². The fraction of sp³-hybridized carbons (Fsp3) is 0.308. The van der Waals surface area contributed by atoms with E-state index in [0.29, 0.717) is 12.0 Å². The van der Waals surface area contributed by atoms with Crippen molar-refractivity contribution in [2.75, 3.05) is 6.54 Å². The molecule has 1 aromatic carbocycles. The molecule has 3 N–H and O–H groups in total. The predicted octanol–water partition coefficient (Wildman–Crippen LogP) is 0.974. The van der Waals surface area contributed by atoms with E-state index in [0.717, 1.165) is 6.07 Å². The number of hydrogen-bond acceptors (Lipinski definition) is 2. The molecule has 0 aliphatic carbocycles. The van der Waals surface area contributed by atoms with Crippen molar-refractivity contribution < 1.29 is 13.6 Å². The number of carbonyl (C=O) groups is 1. The third kappa shape index (κ3) is 4.52. The van der Waals surface area contributed by atoms with Gasteiger partial charge >= 0.3 is 0 Å². The van der Waals surface area contributed by atoms with Crippen LogP contribution in [0.15, 0.2) is 18.2 Å². The monoisotopic (exact) mass is 252 g/mol. The van der Waals surface area contributed by atoms with E-state index >= 15 is 0 Å². The fourth-order valence-electron chi connectivity index (χ4n) is 1.44. The summed E-state index contributed by atoms with van der Waals surface area (Å²) >= 11 is 0. The maximum absolute atomic E-state index is 12.9. The van der Waals surface area contributed by atoms with E-state index in [9.17, 15) is 13.6 Å². The van der Waals surface area contributed by atoms with Gasteiger partial charge in [-0.25, -0.2) is 8.78 Å². The van der Waals surface area contributed by atoms with Gasteiger partial charge in [-0.05, 0) is 24.1 Å². The fourth-order valence-corrected chi connectivity index (χ4v) is 1.44. The summed E-state index contributed by atoms with van der Waals surface area (Å²) in [7, 11) is 0. The molecule has 1 atom stereocenters. The van der Waals surface area contributed by atoms with Crippen molar-refractivity contribution in [3.63, 3.8) is 0 Å². The van der Waals surface area contributed by atoms with Gasteiger partial charge in [-0.2, -0.15) is 0 Å². The highest BCUT2D eigenvalue weighted by Gasteiger charge is 2.11. The van der Waals surface area contributed by atoms with Gasteiger partial charge in [-0.15, -0.1) is 12.3 Å². The summed E-state index contributed by atoms with van der Waals surface area (Å²) in [6, 6.07) is 2.48. The lowest BCUT2D eigenvalue weighted by atomic mass is 10.1. The largest absolute Gasteiger partial charge is 0.354 e. The van der Waals surface area contributed by atoms with Gasteiger partial charge in [-0.1, -0.05) is 0 Å². The Morgan fingerprint density at radius 3 is 2.56 bits per heavy atom. The number of halogens is 2. The minimum absolute atomic E-state index is 0.153. The van der Waals surface area contributed by atoms with Crippen LogP contribution in [-0.2, 0) is 11.2 Å². The second-order valence-corrected chi connectivity index (χ2v) is 3.83. The molecule has 18 heavy (non-hydrogen) atoms. The summed E-state index contributed by atoms with van der Waals surface area (Å²) in [5, 5.41) is 2.55. The Kier molecular flexibility index (Phi) is 5.28. The maximum Gasteiger partial charge on any atom is 0.237 e. The van der Waals surface area contributed by atoms with Crippen molar-refractivity contribution in [2.45, 2.75) is 18.9 Å². The normalized spacial score (nSPS) is 11.7. The first-order valence-corrected chi connectivity index (χ1v) is 5.44. The van der Waals surface area contributed by atoms with E-state index in [-0.39, 0.29) is 18.9 Å². The van der Waals surface area contributed by atoms with Gasteiger partial charge in [0.2, 0.25) is 5.91 Å². The van der Waals surface area contributed by atoms with Crippen molar-refractivity contribution in [3.05, 3.63) is 35.4 Å². The number of hydrogen-bond donors (Lipinski definition) is 2. The van der Waals surface area contributed by atoms with E-state index in [4.69, 9.17) is 12.2 Å². The van der Waals surface area contributed by atoms with Crippen molar-refractivity contribution in [2.24, 2.45) is 5.73 Å². The van der Waals surface area contributed by atoms with Crippen LogP contribution in [0.4, 0.5) is 8.78 Å². The van der Waals surface area contributed by atoms with Crippen LogP contribution in [-0.4, -0.2) is 18.5 Å². The van der Waals surface area contributed by atoms with E-state index in [2.05, 4.69) is 11.2 Å². The highest BCUT2D eigenvalue weighted by Crippen LogP contribution is 2.08. The van der Waals surface area contributed by atoms with Crippen molar-refractivity contribution >= 4 is 5.91 Å². The molecule has 1 amide bonds. The highest BCUT2D eigenvalue weighted by molar-refractivity contribution is 5.81. The first kappa shape index (κ1) is 14.1. The lowest BCUT2D eigenvalue weighted by molar-refractivity contribution is -0.122. The summed E-state index contributed by atoms with van der Waals surface area (Å²) in [4.78, 5) is 11.4. The molecule has 1 rings (SSSR count). The number of rotatable bonds is 5. The topological polar surface area (TPSA) is 55.1 Å². The van der Waals surface area contributed by atoms with E-state index in [1.165, 1.54) is 12.1 Å². The van der Waals surface area contributed by atoms with Crippen molar-refractivity contribution in [3.8, 4) is 12.3 Å². The Morgan fingerprint density at radius 1 is 1.39 bits per heavy atom. The molecule has 0 saturated heterocycles. The summed E-state index contributed by atoms with van der Waals surface area (Å²) in [5.41, 5.74) is 5.95. The predicted molar refractivity (Wildman–Crippen MR) is 64.5 cm³/mol. The van der Waals surface area contributed by atoms with Crippen LogP contribution in [0, 0.1) is 24.0 Å². The van der Waals surface area contributed by atoms with Crippen LogP contribution < -0.4 is 11.1 Å². The summed E-state index contributed by atoms with van der Waals surface area (Å²) in [5.74, 6) is 0.639. The number of nitrogens with two attached hydrogens (primary N) is 1. The molecule has 1 aromatic rings. The summed E-state index contributed by atoms with van der Waals surface area (Å²) < 4.78 is 25.7. The zero-order valence-electron chi connectivity index (χ0n) is 9.75. The molecule has 0 bridgehead atoms. The van der Waals surface area contributed by atoms with Crippen LogP contribution in [0.2, 0.25) is 0 Å². The standard InChI is InChI=1S/C13H14F2N2O/c1-2-3-12(16)13(18)17-5-4-9-6-10(14)8-11(15)7-9/h1,6-8,12H,3-5,16H2,(H,17,18). The molecule has 0 spiro atoms. The van der Waals surface area contributed by atoms with Gasteiger partial charge < -0.3 is 11.1 Å². The van der Waals surface area contributed by atoms with Gasteiger partial charge in [0, 0.05) is 19.0 Å². The van der Waals surface area contributed by atoms with Crippen LogP contribution in [0.3, 0.4) is 0 Å². The molecule has 96 valence electrons. The molecule has 0 heterocycles. The molecular formula is C13H14F2N2O. The Balaban J connectivity index is 2.42. The molecule has 0 saturated carbocycles. The van der Waals surface area contributed by atoms with Gasteiger partial charge in [0.15, 0.2) is 0 Å². The van der Waals surface area contributed by atoms with Crippen LogP contribution >= 0.6 is 0 Å². The number of terminal acetylenes is 1. The molecule has 0 aromatic heterocycles. The Hall–Kier alpha value is -1.93. The number of amides is 1. The number of benzene rings is 1. The molecule has 0 aliphatic rings. The number of carbonyl (C=O) groups excluding carboxylic acids is 1. The SMILES string of the molecule is C#CCC(N)C(=O)NCCc1cc(F)cc(F)c1. The van der Waals surface area contributed by atoms with E-state index < -0.39 is 17.7 Å². The molecule has 0 radical (unpaired) electrons. The average molecular weight is 252 g/mol. The minimum Gasteiger partial charge on any atom is -0.354 e. The summed E-state index contributed by atoms with van der Waals surface area (Å²) in [6.45, 7) is 0.250. The molecular weight excluding hydrogens is 238 g/mol. The Morgan fingerprint density at radius 2 is 2.00 bits per heavy atom. The zero-order chi connectivity index (χ0) is 13.5. The lowest BCUT2D eigenvalue weighted by Gasteiger charge is -2.09. The average Bonchev–Trinajstić information content (AvgIpc) is 2.27. The third-order valence-corrected chi connectivity index (χ3v) is 2.31. The second kappa shape index (κ2) is 6.72.